The van der Waals surface area contributed by atoms with Crippen LogP contribution < -0.4 is 14.4 Å². The summed E-state index contributed by atoms with van der Waals surface area (Å²) in [5.41, 5.74) is 1.89. The van der Waals surface area contributed by atoms with Crippen molar-refractivity contribution in [3.63, 3.8) is 0 Å². The standard InChI is InChI=1S/C29H33Cl2N3O5S/c1-5-27(29(36)32-6-2)33(18-21-9-16-25(30)26(31)17-21)28(35)19-34(22-10-7-20(3)8-11-22)40(37,38)24-14-12-23(39-4)13-15-24/h7-17,27H,5-6,18-19H2,1-4H3,(H,32,36). The molecule has 0 fully saturated rings. The molecule has 0 bridgehead atoms. The monoisotopic (exact) mass is 605 g/mol. The van der Waals surface area contributed by atoms with Crippen LogP contribution in [0, 0.1) is 6.92 Å². The van der Waals surface area contributed by atoms with Crippen molar-refractivity contribution in [1.29, 1.82) is 0 Å². The number of benzene rings is 3. The van der Waals surface area contributed by atoms with E-state index < -0.39 is 28.5 Å². The second-order valence-electron chi connectivity index (χ2n) is 9.11. The lowest BCUT2D eigenvalue weighted by Gasteiger charge is -2.33. The average molecular weight is 607 g/mol. The summed E-state index contributed by atoms with van der Waals surface area (Å²) in [5, 5.41) is 3.44. The summed E-state index contributed by atoms with van der Waals surface area (Å²) in [6.07, 6.45) is 0.314. The Morgan fingerprint density at radius 3 is 2.15 bits per heavy atom. The van der Waals surface area contributed by atoms with Crippen LogP contribution in [0.1, 0.15) is 31.4 Å². The summed E-state index contributed by atoms with van der Waals surface area (Å²) in [6, 6.07) is 16.9. The predicted molar refractivity (Wildman–Crippen MR) is 158 cm³/mol. The normalized spacial score (nSPS) is 11.9. The van der Waals surface area contributed by atoms with Crippen molar-refractivity contribution in [2.24, 2.45) is 0 Å². The van der Waals surface area contributed by atoms with Crippen molar-refractivity contribution in [2.75, 3.05) is 24.5 Å². The molecule has 0 aromatic heterocycles. The molecule has 0 aliphatic carbocycles. The molecule has 1 unspecified atom stereocenters. The fourth-order valence-corrected chi connectivity index (χ4v) is 5.90. The number of amides is 2. The van der Waals surface area contributed by atoms with Gasteiger partial charge in [-0.15, -0.1) is 0 Å². The van der Waals surface area contributed by atoms with Gasteiger partial charge in [-0.05, 0) is 74.4 Å². The number of carbonyl (C=O) groups excluding carboxylic acids is 2. The van der Waals surface area contributed by atoms with Crippen LogP contribution in [0.15, 0.2) is 71.6 Å². The van der Waals surface area contributed by atoms with Crippen molar-refractivity contribution in [3.05, 3.63) is 87.9 Å². The largest absolute Gasteiger partial charge is 0.497 e. The first-order valence-corrected chi connectivity index (χ1v) is 15.0. The number of nitrogens with one attached hydrogen (secondary N) is 1. The Morgan fingerprint density at radius 2 is 1.60 bits per heavy atom. The van der Waals surface area contributed by atoms with E-state index in [1.165, 1.54) is 24.1 Å². The summed E-state index contributed by atoms with van der Waals surface area (Å²) in [6.45, 7) is 5.33. The smallest absolute Gasteiger partial charge is 0.264 e. The predicted octanol–water partition coefficient (Wildman–Crippen LogP) is 5.45. The molecule has 214 valence electrons. The molecule has 3 rings (SSSR count). The fraction of sp³-hybridized carbons (Fsp3) is 0.310. The minimum Gasteiger partial charge on any atom is -0.497 e. The summed E-state index contributed by atoms with van der Waals surface area (Å²) >= 11 is 12.3. The van der Waals surface area contributed by atoms with E-state index in [0.717, 1.165) is 9.87 Å². The van der Waals surface area contributed by atoms with Crippen molar-refractivity contribution in [3.8, 4) is 5.75 Å². The Kier molecular flexibility index (Phi) is 10.8. The van der Waals surface area contributed by atoms with E-state index in [0.29, 0.717) is 40.0 Å². The lowest BCUT2D eigenvalue weighted by atomic mass is 10.1. The van der Waals surface area contributed by atoms with Crippen molar-refractivity contribution >= 4 is 50.7 Å². The van der Waals surface area contributed by atoms with Crippen molar-refractivity contribution in [1.82, 2.24) is 10.2 Å². The van der Waals surface area contributed by atoms with Gasteiger partial charge in [-0.3, -0.25) is 13.9 Å². The molecule has 0 saturated heterocycles. The molecule has 8 nitrogen and oxygen atoms in total. The number of hydrogen-bond donors (Lipinski definition) is 1. The third-order valence-corrected chi connectivity index (χ3v) is 8.85. The molecule has 0 aliphatic rings. The highest BCUT2D eigenvalue weighted by Crippen LogP contribution is 2.27. The number of likely N-dealkylation sites (N-methyl/N-ethyl adjacent to an activating group) is 1. The molecular formula is C29H33Cl2N3O5S. The Morgan fingerprint density at radius 1 is 0.950 bits per heavy atom. The first kappa shape index (κ1) is 31.3. The van der Waals surface area contributed by atoms with Crippen molar-refractivity contribution < 1.29 is 22.7 Å². The lowest BCUT2D eigenvalue weighted by Crippen LogP contribution is -2.52. The van der Waals surface area contributed by atoms with Gasteiger partial charge in [0.25, 0.3) is 10.0 Å². The maximum Gasteiger partial charge on any atom is 0.264 e. The number of aryl methyl sites for hydroxylation is 1. The SMILES string of the molecule is CCNC(=O)C(CC)N(Cc1ccc(Cl)c(Cl)c1)C(=O)CN(c1ccc(C)cc1)S(=O)(=O)c1ccc(OC)cc1. The Hall–Kier alpha value is -3.27. The number of sulfonamides is 1. The number of nitrogens with zero attached hydrogens (tertiary/aromatic N) is 2. The Balaban J connectivity index is 2.06. The van der Waals surface area contributed by atoms with Crippen LogP contribution in [-0.4, -0.2) is 51.4 Å². The number of halogens is 2. The van der Waals surface area contributed by atoms with Crippen LogP contribution in [0.25, 0.3) is 0 Å². The first-order valence-electron chi connectivity index (χ1n) is 12.8. The van der Waals surface area contributed by atoms with Crippen LogP contribution in [0.5, 0.6) is 5.75 Å². The van der Waals surface area contributed by atoms with Gasteiger partial charge in [-0.1, -0.05) is 53.9 Å². The van der Waals surface area contributed by atoms with Crippen LogP contribution in [0.2, 0.25) is 10.0 Å². The van der Waals surface area contributed by atoms with Gasteiger partial charge in [0, 0.05) is 13.1 Å². The van der Waals surface area contributed by atoms with E-state index in [1.54, 1.807) is 68.4 Å². The van der Waals surface area contributed by atoms with E-state index in [1.807, 2.05) is 6.92 Å². The minimum absolute atomic E-state index is 0.00604. The maximum absolute atomic E-state index is 14.0. The Bertz CT molecular complexity index is 1430. The summed E-state index contributed by atoms with van der Waals surface area (Å²) in [7, 11) is -2.69. The van der Waals surface area contributed by atoms with Gasteiger partial charge in [0.15, 0.2) is 0 Å². The van der Waals surface area contributed by atoms with E-state index >= 15 is 0 Å². The Labute approximate surface area is 245 Å². The average Bonchev–Trinajstić information content (AvgIpc) is 2.94. The third-order valence-electron chi connectivity index (χ3n) is 6.32. The van der Waals surface area contributed by atoms with Gasteiger partial charge in [0.05, 0.1) is 27.7 Å². The second kappa shape index (κ2) is 13.9. The molecule has 0 saturated carbocycles. The van der Waals surface area contributed by atoms with Gasteiger partial charge >= 0.3 is 0 Å². The highest BCUT2D eigenvalue weighted by Gasteiger charge is 2.33. The molecule has 1 N–H and O–H groups in total. The highest BCUT2D eigenvalue weighted by molar-refractivity contribution is 7.92. The van der Waals surface area contributed by atoms with Crippen LogP contribution in [-0.2, 0) is 26.2 Å². The molecule has 3 aromatic rings. The lowest BCUT2D eigenvalue weighted by molar-refractivity contribution is -0.140. The topological polar surface area (TPSA) is 96.0 Å². The van der Waals surface area contributed by atoms with E-state index in [-0.39, 0.29) is 17.3 Å². The first-order chi connectivity index (χ1) is 19.0. The number of methoxy groups -OCH3 is 1. The number of ether oxygens (including phenoxy) is 1. The zero-order valence-corrected chi connectivity index (χ0v) is 25.2. The minimum atomic E-state index is -4.18. The van der Waals surface area contributed by atoms with Crippen molar-refractivity contribution in [2.45, 2.75) is 44.7 Å². The van der Waals surface area contributed by atoms with Crippen LogP contribution in [0.3, 0.4) is 0 Å². The molecule has 11 heteroatoms. The molecule has 0 radical (unpaired) electrons. The number of rotatable bonds is 12. The van der Waals surface area contributed by atoms with Crippen LogP contribution >= 0.6 is 23.2 Å². The van der Waals surface area contributed by atoms with E-state index in [4.69, 9.17) is 27.9 Å². The summed E-state index contributed by atoms with van der Waals surface area (Å²) in [5.74, 6) is -0.391. The molecule has 0 heterocycles. The van der Waals surface area contributed by atoms with Crippen LogP contribution in [0.4, 0.5) is 5.69 Å². The molecule has 2 amide bonds. The number of anilines is 1. The zero-order valence-electron chi connectivity index (χ0n) is 22.9. The molecule has 0 spiro atoms. The van der Waals surface area contributed by atoms with E-state index in [9.17, 15) is 18.0 Å². The molecule has 1 atom stereocenters. The van der Waals surface area contributed by atoms with Gasteiger partial charge in [-0.25, -0.2) is 8.42 Å². The molecule has 0 aliphatic heterocycles. The second-order valence-corrected chi connectivity index (χ2v) is 11.8. The number of hydrogen-bond acceptors (Lipinski definition) is 5. The molecule has 40 heavy (non-hydrogen) atoms. The fourth-order valence-electron chi connectivity index (χ4n) is 4.16. The third kappa shape index (κ3) is 7.47. The molecular weight excluding hydrogens is 573 g/mol. The van der Waals surface area contributed by atoms with Gasteiger partial charge < -0.3 is 15.0 Å². The quantitative estimate of drug-likeness (QED) is 0.296. The molecule has 3 aromatic carbocycles. The summed E-state index contributed by atoms with van der Waals surface area (Å²) < 4.78 is 34.0. The summed E-state index contributed by atoms with van der Waals surface area (Å²) in [4.78, 5) is 28.4. The highest BCUT2D eigenvalue weighted by atomic mass is 35.5. The van der Waals surface area contributed by atoms with Gasteiger partial charge in [0.2, 0.25) is 11.8 Å². The zero-order chi connectivity index (χ0) is 29.4. The van der Waals surface area contributed by atoms with E-state index in [2.05, 4.69) is 5.32 Å². The van der Waals surface area contributed by atoms with Gasteiger partial charge in [-0.2, -0.15) is 0 Å². The maximum atomic E-state index is 14.0. The number of carbonyl (C=O) groups is 2. The van der Waals surface area contributed by atoms with Gasteiger partial charge in [0.1, 0.15) is 18.3 Å².